The number of hydrogen-bond donors (Lipinski definition) is 0. The fourth-order valence-electron chi connectivity index (χ4n) is 1.16. The van der Waals surface area contributed by atoms with Crippen molar-refractivity contribution in [3.8, 4) is 12.1 Å². The van der Waals surface area contributed by atoms with E-state index in [1.54, 1.807) is 0 Å². The minimum Gasteiger partial charge on any atom is -0.214 e. The Hall–Kier alpha value is -2.32. The molecule has 19 heavy (non-hydrogen) atoms. The number of sulfone groups is 1. The number of nitriles is 2. The fraction of sp³-hybridized carbons (Fsp3) is 0.0909. The van der Waals surface area contributed by atoms with Gasteiger partial charge in [0.15, 0.2) is 0 Å². The molecule has 0 fully saturated rings. The summed E-state index contributed by atoms with van der Waals surface area (Å²) in [5.74, 6) is 0. The molecule has 0 aliphatic carbocycles. The van der Waals surface area contributed by atoms with Gasteiger partial charge >= 0.3 is 5.51 Å². The number of halogens is 3. The first-order chi connectivity index (χ1) is 8.72. The van der Waals surface area contributed by atoms with Crippen LogP contribution in [-0.4, -0.2) is 13.9 Å². The molecule has 0 unspecified atom stereocenters. The maximum atomic E-state index is 12.3. The largest absolute Gasteiger partial charge is 0.501 e. The van der Waals surface area contributed by atoms with Crippen LogP contribution in [0.1, 0.15) is 5.56 Å². The van der Waals surface area contributed by atoms with E-state index in [0.29, 0.717) is 0 Å². The Morgan fingerprint density at radius 3 is 2.26 bits per heavy atom. The fourth-order valence-corrected chi connectivity index (χ4v) is 1.98. The second-order valence-electron chi connectivity index (χ2n) is 3.30. The molecule has 0 spiro atoms. The van der Waals surface area contributed by atoms with Gasteiger partial charge in [0.05, 0.1) is 4.90 Å². The molecule has 4 nitrogen and oxygen atoms in total. The van der Waals surface area contributed by atoms with Crippen molar-refractivity contribution in [1.29, 1.82) is 10.5 Å². The summed E-state index contributed by atoms with van der Waals surface area (Å²) in [7, 11) is -5.44. The average molecular weight is 286 g/mol. The number of allylic oxidation sites excluding steroid dienone is 1. The van der Waals surface area contributed by atoms with Crippen molar-refractivity contribution in [3.63, 3.8) is 0 Å². The highest BCUT2D eigenvalue weighted by molar-refractivity contribution is 7.92. The predicted octanol–water partition coefficient (Wildman–Crippen LogP) is 2.41. The molecule has 0 N–H and O–H groups in total. The minimum absolute atomic E-state index is 0.0171. The van der Waals surface area contributed by atoms with Crippen LogP contribution in [0.4, 0.5) is 13.2 Å². The van der Waals surface area contributed by atoms with Crippen molar-refractivity contribution in [3.05, 3.63) is 35.4 Å². The van der Waals surface area contributed by atoms with E-state index >= 15 is 0 Å². The van der Waals surface area contributed by atoms with Crippen LogP contribution < -0.4 is 0 Å². The van der Waals surface area contributed by atoms with E-state index in [-0.39, 0.29) is 11.1 Å². The molecule has 0 aromatic heterocycles. The van der Waals surface area contributed by atoms with E-state index in [1.807, 2.05) is 0 Å². The lowest BCUT2D eigenvalue weighted by Gasteiger charge is -2.08. The number of rotatable bonds is 2. The lowest BCUT2D eigenvalue weighted by molar-refractivity contribution is -0.0436. The van der Waals surface area contributed by atoms with Crippen LogP contribution in [0.5, 0.6) is 0 Å². The summed E-state index contributed by atoms with van der Waals surface area (Å²) < 4.78 is 59.3. The summed E-state index contributed by atoms with van der Waals surface area (Å²) in [6.07, 6.45) is 0.995. The van der Waals surface area contributed by atoms with Gasteiger partial charge in [-0.3, -0.25) is 0 Å². The van der Waals surface area contributed by atoms with Gasteiger partial charge in [-0.25, -0.2) is 8.42 Å². The van der Waals surface area contributed by atoms with Crippen molar-refractivity contribution in [2.45, 2.75) is 10.4 Å². The molecule has 0 aliphatic rings. The van der Waals surface area contributed by atoms with Crippen LogP contribution in [0.2, 0.25) is 0 Å². The Bertz CT molecular complexity index is 691. The molecule has 0 bridgehead atoms. The molecular weight excluding hydrogens is 281 g/mol. The zero-order valence-electron chi connectivity index (χ0n) is 9.14. The highest BCUT2D eigenvalue weighted by Gasteiger charge is 2.46. The van der Waals surface area contributed by atoms with E-state index < -0.39 is 20.2 Å². The van der Waals surface area contributed by atoms with Gasteiger partial charge in [-0.1, -0.05) is 12.1 Å². The highest BCUT2D eigenvalue weighted by atomic mass is 32.2. The van der Waals surface area contributed by atoms with E-state index in [0.717, 1.165) is 24.3 Å². The zero-order chi connectivity index (χ0) is 14.7. The first-order valence-electron chi connectivity index (χ1n) is 4.65. The van der Waals surface area contributed by atoms with E-state index in [2.05, 4.69) is 0 Å². The second-order valence-corrected chi connectivity index (χ2v) is 5.24. The van der Waals surface area contributed by atoms with Gasteiger partial charge in [-0.2, -0.15) is 23.7 Å². The summed E-state index contributed by atoms with van der Waals surface area (Å²) in [5.41, 5.74) is -5.73. The molecule has 1 aromatic rings. The average Bonchev–Trinajstić information content (AvgIpc) is 2.35. The third-order valence-corrected chi connectivity index (χ3v) is 3.51. The van der Waals surface area contributed by atoms with Gasteiger partial charge in [0, 0.05) is 0 Å². The third-order valence-electron chi connectivity index (χ3n) is 2.03. The molecule has 1 rings (SSSR count). The van der Waals surface area contributed by atoms with Crippen molar-refractivity contribution >= 4 is 15.9 Å². The van der Waals surface area contributed by atoms with Crippen LogP contribution in [0.25, 0.3) is 6.08 Å². The summed E-state index contributed by atoms with van der Waals surface area (Å²) >= 11 is 0. The quantitative estimate of drug-likeness (QED) is 0.782. The smallest absolute Gasteiger partial charge is 0.214 e. The van der Waals surface area contributed by atoms with Crippen molar-refractivity contribution in [2.24, 2.45) is 0 Å². The highest BCUT2D eigenvalue weighted by Crippen LogP contribution is 2.30. The van der Waals surface area contributed by atoms with Gasteiger partial charge in [0.25, 0.3) is 9.84 Å². The summed E-state index contributed by atoms with van der Waals surface area (Å²) in [6.45, 7) is 0. The number of hydrogen-bond acceptors (Lipinski definition) is 4. The monoisotopic (exact) mass is 286 g/mol. The van der Waals surface area contributed by atoms with Crippen LogP contribution >= 0.6 is 0 Å². The van der Waals surface area contributed by atoms with Crippen molar-refractivity contribution in [2.75, 3.05) is 0 Å². The topological polar surface area (TPSA) is 81.7 Å². The standard InChI is InChI=1S/C11H5F3N2O2S/c12-11(13,14)19(17,18)10-3-1-2-8(5-10)4-9(6-15)7-16/h1-5H. The molecule has 1 aromatic carbocycles. The minimum atomic E-state index is -5.44. The first kappa shape index (κ1) is 14.7. The van der Waals surface area contributed by atoms with Crippen LogP contribution in [-0.2, 0) is 9.84 Å². The maximum Gasteiger partial charge on any atom is 0.501 e. The molecule has 0 amide bonds. The van der Waals surface area contributed by atoms with Gasteiger partial charge in [0.2, 0.25) is 0 Å². The molecule has 0 atom stereocenters. The number of alkyl halides is 3. The molecular formula is C11H5F3N2O2S. The molecule has 0 heterocycles. The van der Waals surface area contributed by atoms with E-state index in [4.69, 9.17) is 10.5 Å². The maximum absolute atomic E-state index is 12.3. The Morgan fingerprint density at radius 1 is 1.21 bits per heavy atom. The Labute approximate surface area is 106 Å². The molecule has 0 saturated carbocycles. The normalized spacial score (nSPS) is 11.2. The molecule has 98 valence electrons. The lowest BCUT2D eigenvalue weighted by atomic mass is 10.1. The first-order valence-corrected chi connectivity index (χ1v) is 6.14. The predicted molar refractivity (Wildman–Crippen MR) is 58.9 cm³/mol. The molecule has 8 heteroatoms. The lowest BCUT2D eigenvalue weighted by Crippen LogP contribution is -2.23. The second kappa shape index (κ2) is 5.12. The van der Waals surface area contributed by atoms with E-state index in [1.165, 1.54) is 18.2 Å². The van der Waals surface area contributed by atoms with Gasteiger partial charge in [-0.05, 0) is 23.8 Å². The van der Waals surface area contributed by atoms with E-state index in [9.17, 15) is 21.6 Å². The Balaban J connectivity index is 3.36. The van der Waals surface area contributed by atoms with Gasteiger partial charge in [0.1, 0.15) is 17.7 Å². The number of nitrogens with zero attached hydrogens (tertiary/aromatic N) is 2. The van der Waals surface area contributed by atoms with Crippen molar-refractivity contribution in [1.82, 2.24) is 0 Å². The Kier molecular flexibility index (Phi) is 3.98. The van der Waals surface area contributed by atoms with Crippen LogP contribution in [0.15, 0.2) is 34.7 Å². The zero-order valence-corrected chi connectivity index (χ0v) is 9.96. The van der Waals surface area contributed by atoms with Gasteiger partial charge < -0.3 is 0 Å². The third kappa shape index (κ3) is 3.12. The summed E-state index contributed by atoms with van der Waals surface area (Å²) in [5, 5.41) is 17.0. The molecule has 0 saturated heterocycles. The SMILES string of the molecule is N#CC(C#N)=Cc1cccc(S(=O)(=O)C(F)(F)F)c1. The Morgan fingerprint density at radius 2 is 1.79 bits per heavy atom. The van der Waals surface area contributed by atoms with Crippen LogP contribution in [0.3, 0.4) is 0 Å². The summed E-state index contributed by atoms with van der Waals surface area (Å²) in [6, 6.07) is 6.95. The number of benzene rings is 1. The summed E-state index contributed by atoms with van der Waals surface area (Å²) in [4.78, 5) is -0.941. The van der Waals surface area contributed by atoms with Gasteiger partial charge in [-0.15, -0.1) is 0 Å². The van der Waals surface area contributed by atoms with Crippen molar-refractivity contribution < 1.29 is 21.6 Å². The van der Waals surface area contributed by atoms with Crippen LogP contribution in [0, 0.1) is 22.7 Å². The molecule has 0 radical (unpaired) electrons. The molecule has 0 aliphatic heterocycles.